The number of aromatic nitrogens is 2. The summed E-state index contributed by atoms with van der Waals surface area (Å²) in [4.78, 5) is 8.20. The summed E-state index contributed by atoms with van der Waals surface area (Å²) in [5.41, 5.74) is 7.67. The summed E-state index contributed by atoms with van der Waals surface area (Å²) in [5, 5.41) is 0.195. The minimum atomic E-state index is -3.69. The zero-order valence-corrected chi connectivity index (χ0v) is 15.6. The molecular formula is C17H21ClN4O2S. The van der Waals surface area contributed by atoms with Crippen LogP contribution in [0.15, 0.2) is 29.3 Å². The molecule has 0 saturated heterocycles. The smallest absolute Gasteiger partial charge is 0.242 e. The largest absolute Gasteiger partial charge is 0.368 e. The van der Waals surface area contributed by atoms with Gasteiger partial charge < -0.3 is 5.73 Å². The highest BCUT2D eigenvalue weighted by Crippen LogP contribution is 2.30. The Labute approximate surface area is 152 Å². The molecule has 1 saturated carbocycles. The van der Waals surface area contributed by atoms with Gasteiger partial charge in [0.05, 0.1) is 10.7 Å². The molecule has 0 bridgehead atoms. The molecule has 1 heterocycles. The third kappa shape index (κ3) is 4.11. The van der Waals surface area contributed by atoms with Gasteiger partial charge in [0, 0.05) is 17.8 Å². The maximum Gasteiger partial charge on any atom is 0.242 e. The maximum atomic E-state index is 12.8. The zero-order valence-electron chi connectivity index (χ0n) is 14.0. The van der Waals surface area contributed by atoms with Gasteiger partial charge in [-0.2, -0.15) is 0 Å². The number of halogens is 1. The number of hydrogen-bond donors (Lipinski definition) is 2. The van der Waals surface area contributed by atoms with Crippen molar-refractivity contribution in [2.24, 2.45) is 0 Å². The number of nitrogens with one attached hydrogen (secondary N) is 1. The first-order valence-corrected chi connectivity index (χ1v) is 10.1. The van der Waals surface area contributed by atoms with Crippen LogP contribution in [0.1, 0.15) is 37.8 Å². The molecule has 8 heteroatoms. The highest BCUT2D eigenvalue weighted by Gasteiger charge is 2.24. The van der Waals surface area contributed by atoms with E-state index in [1.807, 2.05) is 0 Å². The van der Waals surface area contributed by atoms with Crippen LogP contribution in [0, 0.1) is 6.92 Å². The lowest BCUT2D eigenvalue weighted by atomic mass is 9.96. The molecule has 6 nitrogen and oxygen atoms in total. The molecule has 3 N–H and O–H groups in total. The number of sulfonamides is 1. The van der Waals surface area contributed by atoms with Crippen molar-refractivity contribution in [2.45, 2.75) is 50.0 Å². The molecule has 3 rings (SSSR count). The van der Waals surface area contributed by atoms with Gasteiger partial charge in [-0.25, -0.2) is 23.1 Å². The van der Waals surface area contributed by atoms with Crippen LogP contribution < -0.4 is 10.5 Å². The van der Waals surface area contributed by atoms with E-state index >= 15 is 0 Å². The van der Waals surface area contributed by atoms with Gasteiger partial charge in [0.15, 0.2) is 0 Å². The summed E-state index contributed by atoms with van der Waals surface area (Å²) in [6, 6.07) is 4.88. The van der Waals surface area contributed by atoms with E-state index in [1.165, 1.54) is 0 Å². The van der Waals surface area contributed by atoms with Crippen LogP contribution in [0.25, 0.3) is 11.1 Å². The molecule has 25 heavy (non-hydrogen) atoms. The standard InChI is InChI=1S/C17H21ClN4O2S/c1-11-14(10-20-17(19)21-11)12-7-8-15(18)16(9-12)25(23,24)22-13-5-3-2-4-6-13/h7-10,13,22H,2-6H2,1H3,(H2,19,20,21). The van der Waals surface area contributed by atoms with Gasteiger partial charge in [-0.1, -0.05) is 36.9 Å². The van der Waals surface area contributed by atoms with E-state index in [9.17, 15) is 8.42 Å². The monoisotopic (exact) mass is 380 g/mol. The summed E-state index contributed by atoms with van der Waals surface area (Å²) < 4.78 is 28.4. The average Bonchev–Trinajstić information content (AvgIpc) is 2.56. The Balaban J connectivity index is 1.95. The summed E-state index contributed by atoms with van der Waals surface area (Å²) in [6.07, 6.45) is 6.56. The molecule has 1 aromatic heterocycles. The predicted molar refractivity (Wildman–Crippen MR) is 98.8 cm³/mol. The Hall–Kier alpha value is -1.70. The lowest BCUT2D eigenvalue weighted by Gasteiger charge is -2.23. The van der Waals surface area contributed by atoms with Crippen molar-refractivity contribution in [1.82, 2.24) is 14.7 Å². The highest BCUT2D eigenvalue weighted by atomic mass is 35.5. The van der Waals surface area contributed by atoms with Crippen molar-refractivity contribution < 1.29 is 8.42 Å². The minimum Gasteiger partial charge on any atom is -0.368 e. The van der Waals surface area contributed by atoms with E-state index in [0.717, 1.165) is 37.7 Å². The predicted octanol–water partition coefficient (Wildman–Crippen LogP) is 3.30. The molecule has 0 aliphatic heterocycles. The van der Waals surface area contributed by atoms with Gasteiger partial charge in [0.2, 0.25) is 16.0 Å². The van der Waals surface area contributed by atoms with E-state index in [1.54, 1.807) is 31.3 Å². The number of nitrogens with zero attached hydrogens (tertiary/aromatic N) is 2. The van der Waals surface area contributed by atoms with Crippen molar-refractivity contribution in [3.05, 3.63) is 35.1 Å². The number of hydrogen-bond acceptors (Lipinski definition) is 5. The molecule has 1 fully saturated rings. The zero-order chi connectivity index (χ0) is 18.0. The van der Waals surface area contributed by atoms with Gasteiger partial charge in [-0.05, 0) is 37.5 Å². The first-order chi connectivity index (χ1) is 11.9. The number of nitrogen functional groups attached to an aromatic ring is 1. The van der Waals surface area contributed by atoms with Crippen LogP contribution in [0.4, 0.5) is 5.95 Å². The minimum absolute atomic E-state index is 0.0277. The number of anilines is 1. The Morgan fingerprint density at radius 1 is 1.24 bits per heavy atom. The summed E-state index contributed by atoms with van der Waals surface area (Å²) in [6.45, 7) is 1.80. The number of nitrogens with two attached hydrogens (primary N) is 1. The average molecular weight is 381 g/mol. The second-order valence-corrected chi connectivity index (χ2v) is 8.42. The van der Waals surface area contributed by atoms with E-state index in [-0.39, 0.29) is 21.9 Å². The Bertz CT molecular complexity index is 880. The molecule has 0 amide bonds. The molecular weight excluding hydrogens is 360 g/mol. The van der Waals surface area contributed by atoms with Gasteiger partial charge in [0.25, 0.3) is 0 Å². The first-order valence-electron chi connectivity index (χ1n) is 8.28. The van der Waals surface area contributed by atoms with Crippen LogP contribution in [-0.2, 0) is 10.0 Å². The number of rotatable bonds is 4. The molecule has 0 spiro atoms. The van der Waals surface area contributed by atoms with Crippen molar-refractivity contribution in [2.75, 3.05) is 5.73 Å². The van der Waals surface area contributed by atoms with E-state index < -0.39 is 10.0 Å². The lowest BCUT2D eigenvalue weighted by molar-refractivity contribution is 0.412. The van der Waals surface area contributed by atoms with Crippen molar-refractivity contribution in [3.63, 3.8) is 0 Å². The van der Waals surface area contributed by atoms with Gasteiger partial charge in [-0.3, -0.25) is 0 Å². The third-order valence-electron chi connectivity index (χ3n) is 4.46. The fraction of sp³-hybridized carbons (Fsp3) is 0.412. The second kappa shape index (κ2) is 7.27. The molecule has 1 aromatic carbocycles. The van der Waals surface area contributed by atoms with E-state index in [2.05, 4.69) is 14.7 Å². The second-order valence-electron chi connectivity index (χ2n) is 6.33. The Kier molecular flexibility index (Phi) is 5.27. The van der Waals surface area contributed by atoms with Crippen LogP contribution in [0.5, 0.6) is 0 Å². The number of aryl methyl sites for hydroxylation is 1. The van der Waals surface area contributed by atoms with E-state index in [0.29, 0.717) is 11.3 Å². The molecule has 1 aliphatic carbocycles. The summed E-state index contributed by atoms with van der Waals surface area (Å²) in [5.74, 6) is 0.182. The topological polar surface area (TPSA) is 98.0 Å². The molecule has 0 atom stereocenters. The molecule has 0 radical (unpaired) electrons. The fourth-order valence-corrected chi connectivity index (χ4v) is 4.98. The Morgan fingerprint density at radius 2 is 1.96 bits per heavy atom. The normalized spacial score (nSPS) is 16.1. The molecule has 134 valence electrons. The van der Waals surface area contributed by atoms with E-state index in [4.69, 9.17) is 17.3 Å². The SMILES string of the molecule is Cc1nc(N)ncc1-c1ccc(Cl)c(S(=O)(=O)NC2CCCCC2)c1. The molecule has 1 aliphatic rings. The maximum absolute atomic E-state index is 12.8. The number of benzene rings is 1. The van der Waals surface area contributed by atoms with Gasteiger partial charge >= 0.3 is 0 Å². The summed E-state index contributed by atoms with van der Waals surface area (Å²) >= 11 is 6.18. The van der Waals surface area contributed by atoms with Crippen LogP contribution in [0.3, 0.4) is 0 Å². The van der Waals surface area contributed by atoms with Crippen molar-refractivity contribution in [3.8, 4) is 11.1 Å². The first kappa shape index (κ1) is 18.1. The Morgan fingerprint density at radius 3 is 2.64 bits per heavy atom. The quantitative estimate of drug-likeness (QED) is 0.847. The van der Waals surface area contributed by atoms with Crippen LogP contribution in [-0.4, -0.2) is 24.4 Å². The van der Waals surface area contributed by atoms with Gasteiger partial charge in [-0.15, -0.1) is 0 Å². The fourth-order valence-electron chi connectivity index (χ4n) is 3.15. The highest BCUT2D eigenvalue weighted by molar-refractivity contribution is 7.89. The molecule has 0 unspecified atom stereocenters. The van der Waals surface area contributed by atoms with Crippen LogP contribution in [0.2, 0.25) is 5.02 Å². The van der Waals surface area contributed by atoms with Gasteiger partial charge in [0.1, 0.15) is 4.90 Å². The van der Waals surface area contributed by atoms with Crippen molar-refractivity contribution >= 4 is 27.6 Å². The lowest BCUT2D eigenvalue weighted by Crippen LogP contribution is -2.36. The molecule has 2 aromatic rings. The third-order valence-corrected chi connectivity index (χ3v) is 6.46. The van der Waals surface area contributed by atoms with Crippen molar-refractivity contribution in [1.29, 1.82) is 0 Å². The summed E-state index contributed by atoms with van der Waals surface area (Å²) in [7, 11) is -3.69. The van der Waals surface area contributed by atoms with Crippen LogP contribution >= 0.6 is 11.6 Å².